The van der Waals surface area contributed by atoms with E-state index in [9.17, 15) is 9.59 Å². The number of piperazine rings is 1. The molecular formula is C23H38N4O2. The Morgan fingerprint density at radius 3 is 2.10 bits per heavy atom. The van der Waals surface area contributed by atoms with Crippen LogP contribution < -0.4 is 10.6 Å². The number of hydrogen-bond acceptors (Lipinski definition) is 4. The summed E-state index contributed by atoms with van der Waals surface area (Å²) in [5, 5.41) is 7.20. The van der Waals surface area contributed by atoms with Gasteiger partial charge in [-0.25, -0.2) is 0 Å². The molecule has 5 rings (SSSR count). The maximum atomic E-state index is 13.1. The molecule has 3 unspecified atom stereocenters. The summed E-state index contributed by atoms with van der Waals surface area (Å²) in [6, 6.07) is 1.36. The fraction of sp³-hybridized carbons (Fsp3) is 0.913. The number of nitrogens with one attached hydrogen (secondary N) is 2. The molecule has 162 valence electrons. The van der Waals surface area contributed by atoms with Gasteiger partial charge in [-0.05, 0) is 69.6 Å². The highest BCUT2D eigenvalue weighted by Crippen LogP contribution is 2.46. The van der Waals surface area contributed by atoms with Crippen LogP contribution in [0, 0.1) is 23.2 Å². The van der Waals surface area contributed by atoms with Gasteiger partial charge >= 0.3 is 0 Å². The molecule has 2 heterocycles. The van der Waals surface area contributed by atoms with Crippen LogP contribution in [0.15, 0.2) is 0 Å². The van der Waals surface area contributed by atoms with E-state index in [-0.39, 0.29) is 11.3 Å². The Hall–Kier alpha value is -1.14. The second kappa shape index (κ2) is 7.84. The minimum absolute atomic E-state index is 0.0895. The van der Waals surface area contributed by atoms with Crippen molar-refractivity contribution in [1.29, 1.82) is 0 Å². The predicted octanol–water partition coefficient (Wildman–Crippen LogP) is 1.95. The Morgan fingerprint density at radius 2 is 1.41 bits per heavy atom. The molecule has 0 aromatic heterocycles. The van der Waals surface area contributed by atoms with Gasteiger partial charge < -0.3 is 20.4 Å². The molecular weight excluding hydrogens is 364 g/mol. The second-order valence-electron chi connectivity index (χ2n) is 10.7. The van der Waals surface area contributed by atoms with Gasteiger partial charge in [0, 0.05) is 56.3 Å². The Balaban J connectivity index is 1.07. The smallest absolute Gasteiger partial charge is 0.228 e. The Morgan fingerprint density at radius 1 is 0.793 bits per heavy atom. The number of carbonyl (C=O) groups excluding carboxylic acids is 2. The minimum Gasteiger partial charge on any atom is -0.339 e. The summed E-state index contributed by atoms with van der Waals surface area (Å²) in [7, 11) is 0. The summed E-state index contributed by atoms with van der Waals surface area (Å²) >= 11 is 0. The van der Waals surface area contributed by atoms with Crippen molar-refractivity contribution in [2.45, 2.75) is 76.8 Å². The fourth-order valence-corrected chi connectivity index (χ4v) is 6.43. The van der Waals surface area contributed by atoms with Gasteiger partial charge in [-0.15, -0.1) is 0 Å². The van der Waals surface area contributed by atoms with Gasteiger partial charge in [-0.1, -0.05) is 6.92 Å². The first-order valence-corrected chi connectivity index (χ1v) is 12.1. The zero-order chi connectivity index (χ0) is 20.0. The lowest BCUT2D eigenvalue weighted by molar-refractivity contribution is -0.145. The third-order valence-electron chi connectivity index (χ3n) is 8.80. The van der Waals surface area contributed by atoms with Gasteiger partial charge in [0.05, 0.1) is 0 Å². The van der Waals surface area contributed by atoms with Gasteiger partial charge in [0.1, 0.15) is 0 Å². The molecule has 0 aromatic rings. The summed E-state index contributed by atoms with van der Waals surface area (Å²) in [6.45, 7) is 5.96. The quantitative estimate of drug-likeness (QED) is 0.757. The van der Waals surface area contributed by atoms with Crippen LogP contribution in [0.1, 0.15) is 64.7 Å². The normalized spacial score (nSPS) is 39.1. The topological polar surface area (TPSA) is 64.7 Å². The molecule has 0 bridgehead atoms. The summed E-state index contributed by atoms with van der Waals surface area (Å²) in [4.78, 5) is 29.6. The first kappa shape index (κ1) is 19.8. The molecule has 5 fully saturated rings. The molecule has 29 heavy (non-hydrogen) atoms. The third-order valence-corrected chi connectivity index (χ3v) is 8.80. The van der Waals surface area contributed by atoms with Crippen molar-refractivity contribution >= 4 is 11.8 Å². The van der Waals surface area contributed by atoms with E-state index in [2.05, 4.69) is 17.6 Å². The van der Waals surface area contributed by atoms with Crippen LogP contribution in [0.25, 0.3) is 0 Å². The lowest BCUT2D eigenvalue weighted by Gasteiger charge is -2.41. The highest BCUT2D eigenvalue weighted by Gasteiger charge is 2.47. The lowest BCUT2D eigenvalue weighted by Crippen LogP contribution is -2.53. The van der Waals surface area contributed by atoms with Crippen molar-refractivity contribution < 1.29 is 9.59 Å². The molecule has 6 heteroatoms. The van der Waals surface area contributed by atoms with E-state index in [1.54, 1.807) is 0 Å². The summed E-state index contributed by atoms with van der Waals surface area (Å²) in [6.07, 6.45) is 10.6. The van der Waals surface area contributed by atoms with Crippen molar-refractivity contribution in [3.8, 4) is 0 Å². The largest absolute Gasteiger partial charge is 0.339 e. The van der Waals surface area contributed by atoms with Gasteiger partial charge in [0.15, 0.2) is 0 Å². The molecule has 0 spiro atoms. The van der Waals surface area contributed by atoms with E-state index in [1.807, 2.05) is 9.80 Å². The average Bonchev–Trinajstić information content (AvgIpc) is 3.34. The number of nitrogens with zero attached hydrogens (tertiary/aromatic N) is 2. The van der Waals surface area contributed by atoms with E-state index in [0.717, 1.165) is 70.4 Å². The van der Waals surface area contributed by atoms with E-state index in [1.165, 1.54) is 32.1 Å². The van der Waals surface area contributed by atoms with Gasteiger partial charge in [-0.3, -0.25) is 9.59 Å². The van der Waals surface area contributed by atoms with Crippen molar-refractivity contribution in [1.82, 2.24) is 20.4 Å². The third kappa shape index (κ3) is 3.95. The molecule has 2 saturated heterocycles. The van der Waals surface area contributed by atoms with Crippen molar-refractivity contribution in [3.05, 3.63) is 0 Å². The molecule has 3 saturated carbocycles. The lowest BCUT2D eigenvalue weighted by atomic mass is 9.69. The molecule has 2 aliphatic heterocycles. The molecule has 2 N–H and O–H groups in total. The number of hydrogen-bond donors (Lipinski definition) is 2. The summed E-state index contributed by atoms with van der Waals surface area (Å²) in [5.41, 5.74) is -0.0895. The number of amides is 2. The van der Waals surface area contributed by atoms with E-state index < -0.39 is 0 Å². The van der Waals surface area contributed by atoms with Crippen molar-refractivity contribution in [3.63, 3.8) is 0 Å². The maximum Gasteiger partial charge on any atom is 0.228 e. The highest BCUT2D eigenvalue weighted by molar-refractivity contribution is 5.85. The monoisotopic (exact) mass is 402 g/mol. The van der Waals surface area contributed by atoms with E-state index in [4.69, 9.17) is 0 Å². The van der Waals surface area contributed by atoms with Crippen LogP contribution in [0.3, 0.4) is 0 Å². The van der Waals surface area contributed by atoms with E-state index >= 15 is 0 Å². The standard InChI is InChI=1S/C23H38N4O2/c1-23(8-9-23)22(29)27-12-10-26(11-13-27)21(28)17-4-2-16(3-5-17)18-6-7-19-20(14-18)25-15-24-19/h16-20,24-25H,2-15H2,1H3. The van der Waals surface area contributed by atoms with Crippen LogP contribution in [-0.4, -0.2) is 66.5 Å². The highest BCUT2D eigenvalue weighted by atomic mass is 16.2. The number of rotatable bonds is 3. The Kier molecular flexibility index (Phi) is 5.35. The first-order valence-electron chi connectivity index (χ1n) is 12.1. The molecule has 0 radical (unpaired) electrons. The average molecular weight is 403 g/mol. The van der Waals surface area contributed by atoms with Crippen LogP contribution in [0.2, 0.25) is 0 Å². The predicted molar refractivity (Wildman–Crippen MR) is 112 cm³/mol. The molecule has 3 aliphatic carbocycles. The molecule has 6 nitrogen and oxygen atoms in total. The summed E-state index contributed by atoms with van der Waals surface area (Å²) < 4.78 is 0. The second-order valence-corrected chi connectivity index (χ2v) is 10.7. The maximum absolute atomic E-state index is 13.1. The molecule has 3 atom stereocenters. The minimum atomic E-state index is -0.0895. The molecule has 2 amide bonds. The molecule has 0 aromatic carbocycles. The van der Waals surface area contributed by atoms with Gasteiger partial charge in [-0.2, -0.15) is 0 Å². The van der Waals surface area contributed by atoms with Crippen LogP contribution >= 0.6 is 0 Å². The molecule has 5 aliphatic rings. The first-order chi connectivity index (χ1) is 14.0. The van der Waals surface area contributed by atoms with Crippen LogP contribution in [-0.2, 0) is 9.59 Å². The summed E-state index contributed by atoms with van der Waals surface area (Å²) in [5.74, 6) is 2.55. The van der Waals surface area contributed by atoms with E-state index in [0.29, 0.717) is 23.9 Å². The van der Waals surface area contributed by atoms with Gasteiger partial charge in [0.25, 0.3) is 0 Å². The van der Waals surface area contributed by atoms with Crippen molar-refractivity contribution in [2.75, 3.05) is 32.8 Å². The van der Waals surface area contributed by atoms with Crippen molar-refractivity contribution in [2.24, 2.45) is 23.2 Å². The number of fused-ring (bicyclic) bond motifs is 1. The SMILES string of the molecule is CC1(C(=O)N2CCN(C(=O)C3CCC(C4CCC5NCNC5C4)CC3)CC2)CC1. The van der Waals surface area contributed by atoms with Crippen LogP contribution in [0.4, 0.5) is 0 Å². The Labute approximate surface area is 175 Å². The fourth-order valence-electron chi connectivity index (χ4n) is 6.43. The number of carbonyl (C=O) groups is 2. The Bertz CT molecular complexity index is 633. The zero-order valence-electron chi connectivity index (χ0n) is 18.0. The van der Waals surface area contributed by atoms with Gasteiger partial charge in [0.2, 0.25) is 11.8 Å². The van der Waals surface area contributed by atoms with Crippen LogP contribution in [0.5, 0.6) is 0 Å². The zero-order valence-corrected chi connectivity index (χ0v) is 18.0.